The van der Waals surface area contributed by atoms with Gasteiger partial charge in [0.15, 0.2) is 0 Å². The topological polar surface area (TPSA) is 30.5 Å². The lowest BCUT2D eigenvalue weighted by Gasteiger charge is -2.30. The van der Waals surface area contributed by atoms with Gasteiger partial charge < -0.3 is 14.8 Å². The molecule has 1 saturated carbocycles. The number of nitrogens with one attached hydrogen (secondary N) is 1. The van der Waals surface area contributed by atoms with Crippen LogP contribution in [-0.4, -0.2) is 33.4 Å². The van der Waals surface area contributed by atoms with Gasteiger partial charge in [-0.25, -0.2) is 0 Å². The Hall–Kier alpha value is -0.900. The van der Waals surface area contributed by atoms with Gasteiger partial charge in [-0.2, -0.15) is 0 Å². The molecule has 1 unspecified atom stereocenters. The second-order valence-electron chi connectivity index (χ2n) is 6.08. The highest BCUT2D eigenvalue weighted by Crippen LogP contribution is 2.45. The minimum Gasteiger partial charge on any atom is -0.383 e. The van der Waals surface area contributed by atoms with Crippen LogP contribution in [0.2, 0.25) is 0 Å². The van der Waals surface area contributed by atoms with E-state index in [0.717, 1.165) is 32.2 Å². The zero-order chi connectivity index (χ0) is 14.3. The first-order valence-corrected chi connectivity index (χ1v) is 7.56. The summed E-state index contributed by atoms with van der Waals surface area (Å²) in [7, 11) is 1.74. The SMILES string of the molecule is COCCNCC(C)(COCc1ccccc1)C1CC1. The van der Waals surface area contributed by atoms with Crippen LogP contribution in [0.1, 0.15) is 25.3 Å². The van der Waals surface area contributed by atoms with E-state index in [0.29, 0.717) is 6.61 Å². The van der Waals surface area contributed by atoms with Gasteiger partial charge in [-0.3, -0.25) is 0 Å². The number of methoxy groups -OCH3 is 1. The Bertz CT molecular complexity index is 378. The average molecular weight is 277 g/mol. The van der Waals surface area contributed by atoms with Gasteiger partial charge in [-0.15, -0.1) is 0 Å². The molecule has 1 fully saturated rings. The predicted octanol–water partition coefficient (Wildman–Crippen LogP) is 2.86. The van der Waals surface area contributed by atoms with Crippen LogP contribution in [0.25, 0.3) is 0 Å². The van der Waals surface area contributed by atoms with Gasteiger partial charge in [0, 0.05) is 25.6 Å². The molecule has 0 aromatic heterocycles. The van der Waals surface area contributed by atoms with E-state index >= 15 is 0 Å². The largest absolute Gasteiger partial charge is 0.383 e. The van der Waals surface area contributed by atoms with E-state index in [1.807, 2.05) is 6.07 Å². The molecule has 0 bridgehead atoms. The van der Waals surface area contributed by atoms with Crippen molar-refractivity contribution in [2.75, 3.05) is 33.4 Å². The first-order chi connectivity index (χ1) is 9.74. The fourth-order valence-electron chi connectivity index (χ4n) is 2.62. The van der Waals surface area contributed by atoms with Crippen LogP contribution >= 0.6 is 0 Å². The van der Waals surface area contributed by atoms with Gasteiger partial charge in [-0.05, 0) is 24.3 Å². The molecular weight excluding hydrogens is 250 g/mol. The van der Waals surface area contributed by atoms with Crippen LogP contribution < -0.4 is 5.32 Å². The lowest BCUT2D eigenvalue weighted by molar-refractivity contribution is 0.0296. The summed E-state index contributed by atoms with van der Waals surface area (Å²) in [5.41, 5.74) is 1.50. The van der Waals surface area contributed by atoms with Crippen molar-refractivity contribution in [2.45, 2.75) is 26.4 Å². The molecule has 0 aliphatic heterocycles. The van der Waals surface area contributed by atoms with Crippen molar-refractivity contribution < 1.29 is 9.47 Å². The Kier molecular flexibility index (Phi) is 6.02. The van der Waals surface area contributed by atoms with Crippen molar-refractivity contribution >= 4 is 0 Å². The van der Waals surface area contributed by atoms with Crippen LogP contribution in [0.5, 0.6) is 0 Å². The van der Waals surface area contributed by atoms with Crippen molar-refractivity contribution in [1.82, 2.24) is 5.32 Å². The zero-order valence-electron chi connectivity index (χ0n) is 12.7. The Morgan fingerprint density at radius 1 is 1.25 bits per heavy atom. The number of hydrogen-bond acceptors (Lipinski definition) is 3. The fourth-order valence-corrected chi connectivity index (χ4v) is 2.62. The van der Waals surface area contributed by atoms with E-state index in [4.69, 9.17) is 9.47 Å². The van der Waals surface area contributed by atoms with E-state index in [-0.39, 0.29) is 5.41 Å². The van der Waals surface area contributed by atoms with Crippen molar-refractivity contribution in [3.63, 3.8) is 0 Å². The second kappa shape index (κ2) is 7.77. The van der Waals surface area contributed by atoms with E-state index in [1.54, 1.807) is 7.11 Å². The molecule has 2 rings (SSSR count). The van der Waals surface area contributed by atoms with Crippen LogP contribution in [0.4, 0.5) is 0 Å². The Morgan fingerprint density at radius 3 is 2.65 bits per heavy atom. The molecule has 0 amide bonds. The minimum atomic E-state index is 0.253. The van der Waals surface area contributed by atoms with E-state index in [2.05, 4.69) is 36.5 Å². The summed E-state index contributed by atoms with van der Waals surface area (Å²) >= 11 is 0. The number of rotatable bonds is 10. The van der Waals surface area contributed by atoms with Gasteiger partial charge >= 0.3 is 0 Å². The molecule has 1 N–H and O–H groups in total. The van der Waals surface area contributed by atoms with E-state index in [1.165, 1.54) is 18.4 Å². The molecule has 1 aromatic carbocycles. The summed E-state index contributed by atoms with van der Waals surface area (Å²) in [4.78, 5) is 0. The van der Waals surface area contributed by atoms with Crippen LogP contribution in [0.15, 0.2) is 30.3 Å². The quantitative estimate of drug-likeness (QED) is 0.667. The van der Waals surface area contributed by atoms with Gasteiger partial charge in [0.1, 0.15) is 0 Å². The lowest BCUT2D eigenvalue weighted by atomic mass is 9.85. The highest BCUT2D eigenvalue weighted by atomic mass is 16.5. The van der Waals surface area contributed by atoms with Gasteiger partial charge in [-0.1, -0.05) is 37.3 Å². The molecule has 20 heavy (non-hydrogen) atoms. The van der Waals surface area contributed by atoms with Crippen molar-refractivity contribution in [1.29, 1.82) is 0 Å². The molecule has 3 nitrogen and oxygen atoms in total. The molecule has 1 atom stereocenters. The third kappa shape index (κ3) is 4.89. The fraction of sp³-hybridized carbons (Fsp3) is 0.647. The smallest absolute Gasteiger partial charge is 0.0717 e. The molecule has 0 radical (unpaired) electrons. The molecule has 1 aromatic rings. The molecule has 0 saturated heterocycles. The molecule has 1 aliphatic carbocycles. The average Bonchev–Trinajstić information content (AvgIpc) is 3.30. The summed E-state index contributed by atoms with van der Waals surface area (Å²) in [5, 5.41) is 3.49. The second-order valence-corrected chi connectivity index (χ2v) is 6.08. The number of benzene rings is 1. The van der Waals surface area contributed by atoms with Crippen molar-refractivity contribution in [3.8, 4) is 0 Å². The summed E-state index contributed by atoms with van der Waals surface area (Å²) in [6.07, 6.45) is 2.69. The molecule has 112 valence electrons. The van der Waals surface area contributed by atoms with E-state index < -0.39 is 0 Å². The lowest BCUT2D eigenvalue weighted by Crippen LogP contribution is -2.38. The predicted molar refractivity (Wildman–Crippen MR) is 81.7 cm³/mol. The maximum atomic E-state index is 5.97. The summed E-state index contributed by atoms with van der Waals surface area (Å²) in [5.74, 6) is 0.813. The standard InChI is InChI=1S/C17H27NO2/c1-17(16-8-9-16,13-18-10-11-19-2)14-20-12-15-6-4-3-5-7-15/h3-7,16,18H,8-14H2,1-2H3. The number of hydrogen-bond donors (Lipinski definition) is 1. The maximum Gasteiger partial charge on any atom is 0.0717 e. The summed E-state index contributed by atoms with van der Waals surface area (Å²) in [6.45, 7) is 6.57. The highest BCUT2D eigenvalue weighted by Gasteiger charge is 2.41. The maximum absolute atomic E-state index is 5.97. The van der Waals surface area contributed by atoms with Crippen LogP contribution in [0.3, 0.4) is 0 Å². The molecular formula is C17H27NO2. The summed E-state index contributed by atoms with van der Waals surface area (Å²) in [6, 6.07) is 10.4. The first-order valence-electron chi connectivity index (χ1n) is 7.56. The molecule has 3 heteroatoms. The third-order valence-corrected chi connectivity index (χ3v) is 4.12. The molecule has 0 spiro atoms. The van der Waals surface area contributed by atoms with Gasteiger partial charge in [0.05, 0.1) is 19.8 Å². The van der Waals surface area contributed by atoms with Gasteiger partial charge in [0.2, 0.25) is 0 Å². The first kappa shape index (κ1) is 15.5. The zero-order valence-corrected chi connectivity index (χ0v) is 12.7. The van der Waals surface area contributed by atoms with Crippen LogP contribution in [0, 0.1) is 11.3 Å². The minimum absolute atomic E-state index is 0.253. The Labute approximate surface area is 122 Å². The van der Waals surface area contributed by atoms with Gasteiger partial charge in [0.25, 0.3) is 0 Å². The molecule has 0 heterocycles. The Morgan fingerprint density at radius 2 is 2.00 bits per heavy atom. The Balaban J connectivity index is 1.74. The summed E-state index contributed by atoms with van der Waals surface area (Å²) < 4.78 is 11.0. The van der Waals surface area contributed by atoms with E-state index in [9.17, 15) is 0 Å². The normalized spacial score (nSPS) is 17.9. The third-order valence-electron chi connectivity index (χ3n) is 4.12. The van der Waals surface area contributed by atoms with Crippen LogP contribution in [-0.2, 0) is 16.1 Å². The van der Waals surface area contributed by atoms with Crippen molar-refractivity contribution in [2.24, 2.45) is 11.3 Å². The monoisotopic (exact) mass is 277 g/mol. The molecule has 1 aliphatic rings. The highest BCUT2D eigenvalue weighted by molar-refractivity contribution is 5.13. The number of ether oxygens (including phenoxy) is 2. The van der Waals surface area contributed by atoms with Crippen molar-refractivity contribution in [3.05, 3.63) is 35.9 Å².